The summed E-state index contributed by atoms with van der Waals surface area (Å²) in [6.07, 6.45) is 8.97. The first-order chi connectivity index (χ1) is 7.36. The van der Waals surface area contributed by atoms with Crippen LogP contribution in [0, 0.1) is 0 Å². The molecule has 15 heavy (non-hydrogen) atoms. The molecule has 0 saturated carbocycles. The van der Waals surface area contributed by atoms with Crippen molar-refractivity contribution in [1.82, 2.24) is 0 Å². The van der Waals surface area contributed by atoms with Gasteiger partial charge in [-0.15, -0.1) is 0 Å². The molecule has 0 spiro atoms. The minimum Gasteiger partial charge on any atom is -0.397 e. The van der Waals surface area contributed by atoms with Gasteiger partial charge in [0.05, 0.1) is 0 Å². The molecular weight excluding hydrogens is 204 g/mol. The van der Waals surface area contributed by atoms with E-state index in [0.29, 0.717) is 0 Å². The Labute approximate surface area is 95.5 Å². The third kappa shape index (κ3) is 5.49. The fourth-order valence-electron chi connectivity index (χ4n) is 2.02. The lowest BCUT2D eigenvalue weighted by Gasteiger charge is -2.17. The van der Waals surface area contributed by atoms with Gasteiger partial charge in [0, 0.05) is 13.2 Å². The molecule has 0 aromatic rings. The molecule has 0 radical (unpaired) electrons. The molecule has 3 heteroatoms. The Morgan fingerprint density at radius 1 is 1.20 bits per heavy atom. The van der Waals surface area contributed by atoms with E-state index in [2.05, 4.69) is 19.9 Å². The van der Waals surface area contributed by atoms with E-state index in [1.165, 1.54) is 32.1 Å². The zero-order valence-electron chi connectivity index (χ0n) is 10.1. The molecule has 0 saturated heterocycles. The van der Waals surface area contributed by atoms with Crippen LogP contribution in [0.4, 0.5) is 0 Å². The van der Waals surface area contributed by atoms with Crippen LogP contribution in [0.2, 0.25) is 6.04 Å². The minimum absolute atomic E-state index is 0.802. The van der Waals surface area contributed by atoms with Crippen molar-refractivity contribution in [2.75, 3.05) is 13.2 Å². The van der Waals surface area contributed by atoms with Crippen LogP contribution >= 0.6 is 0 Å². The first kappa shape index (κ1) is 12.9. The van der Waals surface area contributed by atoms with Crippen molar-refractivity contribution >= 4 is 9.28 Å². The second kappa shape index (κ2) is 8.08. The maximum Gasteiger partial charge on any atom is 0.321 e. The van der Waals surface area contributed by atoms with Gasteiger partial charge in [0.2, 0.25) is 0 Å². The Hall–Kier alpha value is -0.123. The summed E-state index contributed by atoms with van der Waals surface area (Å²) in [5.41, 5.74) is 1.64. The largest absolute Gasteiger partial charge is 0.397 e. The summed E-state index contributed by atoms with van der Waals surface area (Å²) in [6.45, 7) is 5.71. The van der Waals surface area contributed by atoms with Gasteiger partial charge in [-0.2, -0.15) is 0 Å². The molecule has 0 amide bonds. The number of hydrogen-bond acceptors (Lipinski definition) is 2. The summed E-state index contributed by atoms with van der Waals surface area (Å²) in [4.78, 5) is 0. The molecule has 0 aromatic carbocycles. The van der Waals surface area contributed by atoms with Gasteiger partial charge in [0.25, 0.3) is 0 Å². The van der Waals surface area contributed by atoms with E-state index >= 15 is 0 Å². The first-order valence-corrected chi connectivity index (χ1v) is 8.03. The van der Waals surface area contributed by atoms with Crippen molar-refractivity contribution < 1.29 is 8.85 Å². The van der Waals surface area contributed by atoms with Gasteiger partial charge in [-0.25, -0.2) is 0 Å². The van der Waals surface area contributed by atoms with Gasteiger partial charge in [-0.3, -0.25) is 0 Å². The molecule has 0 heterocycles. The first-order valence-electron chi connectivity index (χ1n) is 6.28. The van der Waals surface area contributed by atoms with E-state index < -0.39 is 9.28 Å². The van der Waals surface area contributed by atoms with Gasteiger partial charge in [0.15, 0.2) is 0 Å². The molecule has 0 aromatic heterocycles. The highest BCUT2D eigenvalue weighted by molar-refractivity contribution is 6.44. The molecular formula is C12H24O2Si. The standard InChI is InChI=1S/C12H24O2Si/c1-3-13-15(14-4-2)11-10-12-8-6-5-7-9-12/h8,15H,3-7,9-11H2,1-2H3. The van der Waals surface area contributed by atoms with Crippen LogP contribution in [-0.4, -0.2) is 22.5 Å². The predicted molar refractivity (Wildman–Crippen MR) is 66.4 cm³/mol. The van der Waals surface area contributed by atoms with Gasteiger partial charge in [-0.05, 0) is 52.0 Å². The molecule has 0 atom stereocenters. The summed E-state index contributed by atoms with van der Waals surface area (Å²) in [6, 6.07) is 1.15. The average molecular weight is 228 g/mol. The molecule has 88 valence electrons. The molecule has 0 aliphatic heterocycles. The van der Waals surface area contributed by atoms with Crippen LogP contribution < -0.4 is 0 Å². The Kier molecular flexibility index (Phi) is 6.97. The summed E-state index contributed by atoms with van der Waals surface area (Å²) < 4.78 is 11.3. The molecule has 0 fully saturated rings. The van der Waals surface area contributed by atoms with Crippen LogP contribution in [0.5, 0.6) is 0 Å². The van der Waals surface area contributed by atoms with Gasteiger partial charge in [-0.1, -0.05) is 11.6 Å². The highest BCUT2D eigenvalue weighted by Gasteiger charge is 2.13. The lowest BCUT2D eigenvalue weighted by atomic mass is 9.98. The summed E-state index contributed by atoms with van der Waals surface area (Å²) in [5, 5.41) is 0. The fourth-order valence-corrected chi connectivity index (χ4v) is 3.80. The quantitative estimate of drug-likeness (QED) is 0.492. The maximum atomic E-state index is 5.66. The average Bonchev–Trinajstić information content (AvgIpc) is 2.28. The lowest BCUT2D eigenvalue weighted by molar-refractivity contribution is 0.213. The van der Waals surface area contributed by atoms with Crippen LogP contribution in [0.1, 0.15) is 46.0 Å². The molecule has 2 nitrogen and oxygen atoms in total. The Bertz CT molecular complexity index is 186. The van der Waals surface area contributed by atoms with E-state index in [0.717, 1.165) is 19.3 Å². The Balaban J connectivity index is 2.22. The number of hydrogen-bond donors (Lipinski definition) is 0. The molecule has 1 aliphatic rings. The van der Waals surface area contributed by atoms with Gasteiger partial charge >= 0.3 is 9.28 Å². The number of rotatable bonds is 7. The van der Waals surface area contributed by atoms with Gasteiger partial charge < -0.3 is 8.85 Å². The zero-order chi connectivity index (χ0) is 10.9. The third-order valence-electron chi connectivity index (χ3n) is 2.79. The van der Waals surface area contributed by atoms with E-state index in [4.69, 9.17) is 8.85 Å². The summed E-state index contributed by atoms with van der Waals surface area (Å²) in [7, 11) is -1.35. The summed E-state index contributed by atoms with van der Waals surface area (Å²) >= 11 is 0. The minimum atomic E-state index is -1.35. The van der Waals surface area contributed by atoms with E-state index in [9.17, 15) is 0 Å². The topological polar surface area (TPSA) is 18.5 Å². The summed E-state index contributed by atoms with van der Waals surface area (Å²) in [5.74, 6) is 0. The van der Waals surface area contributed by atoms with E-state index in [-0.39, 0.29) is 0 Å². The molecule has 1 aliphatic carbocycles. The van der Waals surface area contributed by atoms with Crippen molar-refractivity contribution in [3.8, 4) is 0 Å². The highest BCUT2D eigenvalue weighted by Crippen LogP contribution is 2.22. The number of allylic oxidation sites excluding steroid dienone is 2. The smallest absolute Gasteiger partial charge is 0.321 e. The third-order valence-corrected chi connectivity index (χ3v) is 4.96. The lowest BCUT2D eigenvalue weighted by Crippen LogP contribution is -2.22. The Morgan fingerprint density at radius 3 is 2.47 bits per heavy atom. The van der Waals surface area contributed by atoms with Crippen LogP contribution in [-0.2, 0) is 8.85 Å². The van der Waals surface area contributed by atoms with Crippen molar-refractivity contribution in [3.05, 3.63) is 11.6 Å². The maximum absolute atomic E-state index is 5.66. The fraction of sp³-hybridized carbons (Fsp3) is 0.833. The SMILES string of the molecule is CCO[SiH](CCC1=CCCCC1)OCC. The van der Waals surface area contributed by atoms with Crippen molar-refractivity contribution in [1.29, 1.82) is 0 Å². The highest BCUT2D eigenvalue weighted by atomic mass is 28.3. The van der Waals surface area contributed by atoms with Crippen LogP contribution in [0.25, 0.3) is 0 Å². The zero-order valence-corrected chi connectivity index (χ0v) is 11.3. The van der Waals surface area contributed by atoms with Crippen molar-refractivity contribution in [2.45, 2.75) is 52.0 Å². The van der Waals surface area contributed by atoms with Crippen LogP contribution in [0.15, 0.2) is 11.6 Å². The van der Waals surface area contributed by atoms with Crippen LogP contribution in [0.3, 0.4) is 0 Å². The molecule has 1 rings (SSSR count). The predicted octanol–water partition coefficient (Wildman–Crippen LogP) is 3.17. The normalized spacial score (nSPS) is 16.9. The van der Waals surface area contributed by atoms with Gasteiger partial charge in [0.1, 0.15) is 0 Å². The second-order valence-electron chi connectivity index (χ2n) is 3.99. The van der Waals surface area contributed by atoms with Crippen molar-refractivity contribution in [3.63, 3.8) is 0 Å². The second-order valence-corrected chi connectivity index (χ2v) is 6.09. The molecule has 0 bridgehead atoms. The van der Waals surface area contributed by atoms with E-state index in [1.807, 2.05) is 0 Å². The monoisotopic (exact) mass is 228 g/mol. The Morgan fingerprint density at radius 2 is 1.93 bits per heavy atom. The van der Waals surface area contributed by atoms with Crippen molar-refractivity contribution in [2.24, 2.45) is 0 Å². The van der Waals surface area contributed by atoms with E-state index in [1.54, 1.807) is 5.57 Å². The molecule has 0 unspecified atom stereocenters. The molecule has 0 N–H and O–H groups in total.